The van der Waals surface area contributed by atoms with Crippen LogP contribution in [0.15, 0.2) is 42.5 Å². The molecule has 0 radical (unpaired) electrons. The van der Waals surface area contributed by atoms with Crippen molar-refractivity contribution in [1.82, 2.24) is 10.2 Å². The van der Waals surface area contributed by atoms with Crippen LogP contribution in [0.3, 0.4) is 0 Å². The van der Waals surface area contributed by atoms with Gasteiger partial charge >= 0.3 is 0 Å². The molecule has 1 unspecified atom stereocenters. The second kappa shape index (κ2) is 8.73. The van der Waals surface area contributed by atoms with Crippen molar-refractivity contribution < 1.29 is 23.5 Å². The van der Waals surface area contributed by atoms with E-state index in [0.29, 0.717) is 23.6 Å². The zero-order valence-corrected chi connectivity index (χ0v) is 15.9. The number of carbonyl (C=O) groups is 2. The average Bonchev–Trinajstić information content (AvgIpc) is 3.21. The van der Waals surface area contributed by atoms with Crippen molar-refractivity contribution >= 4 is 11.8 Å². The molecule has 1 heterocycles. The normalized spacial score (nSPS) is 16.0. The molecule has 0 aromatic heterocycles. The lowest BCUT2D eigenvalue weighted by atomic mass is 10.0. The maximum absolute atomic E-state index is 13.2. The molecule has 2 aromatic carbocycles. The first-order valence-corrected chi connectivity index (χ1v) is 9.08. The highest BCUT2D eigenvalue weighted by Gasteiger charge is 2.30. The summed E-state index contributed by atoms with van der Waals surface area (Å²) in [5.41, 5.74) is 1.28. The number of hydrogen-bond donors (Lipinski definition) is 1. The number of carbonyl (C=O) groups excluding carboxylic acids is 2. The van der Waals surface area contributed by atoms with E-state index in [2.05, 4.69) is 5.32 Å². The van der Waals surface area contributed by atoms with Crippen molar-refractivity contribution in [3.8, 4) is 11.5 Å². The number of benzene rings is 2. The third-order valence-corrected chi connectivity index (χ3v) is 4.87. The van der Waals surface area contributed by atoms with Gasteiger partial charge in [0.25, 0.3) is 5.91 Å². The van der Waals surface area contributed by atoms with Crippen LogP contribution in [0.5, 0.6) is 11.5 Å². The summed E-state index contributed by atoms with van der Waals surface area (Å²) in [6.45, 7) is 0.512. The second-order valence-electron chi connectivity index (χ2n) is 6.55. The number of nitrogens with zero attached hydrogens (tertiary/aromatic N) is 1. The molecule has 2 amide bonds. The third kappa shape index (κ3) is 4.24. The van der Waals surface area contributed by atoms with E-state index in [0.717, 1.165) is 18.4 Å². The number of likely N-dealkylation sites (tertiary alicyclic amines) is 1. The Labute approximate surface area is 163 Å². The van der Waals surface area contributed by atoms with Crippen LogP contribution in [0.25, 0.3) is 0 Å². The van der Waals surface area contributed by atoms with Crippen LogP contribution in [-0.2, 0) is 4.79 Å². The minimum atomic E-state index is -0.369. The number of rotatable bonds is 6. The van der Waals surface area contributed by atoms with Crippen molar-refractivity contribution in [1.29, 1.82) is 0 Å². The molecule has 0 bridgehead atoms. The molecular weight excluding hydrogens is 363 g/mol. The largest absolute Gasteiger partial charge is 0.493 e. The molecular formula is C21H23FN2O4. The lowest BCUT2D eigenvalue weighted by Crippen LogP contribution is -2.39. The predicted molar refractivity (Wildman–Crippen MR) is 102 cm³/mol. The van der Waals surface area contributed by atoms with Crippen molar-refractivity contribution in [2.75, 3.05) is 27.3 Å². The molecule has 7 heteroatoms. The first-order valence-electron chi connectivity index (χ1n) is 9.08. The summed E-state index contributed by atoms with van der Waals surface area (Å²) < 4.78 is 23.5. The van der Waals surface area contributed by atoms with Gasteiger partial charge in [0.1, 0.15) is 5.82 Å². The standard InChI is InChI=1S/C21H23FN2O4/c1-27-18-10-7-15(12-19(18)28-2)21(26)23-13-20(25)24-11-3-4-17(24)14-5-8-16(22)9-6-14/h5-10,12,17H,3-4,11,13H2,1-2H3,(H,23,26). The first-order chi connectivity index (χ1) is 13.5. The van der Waals surface area contributed by atoms with Gasteiger partial charge in [0.15, 0.2) is 11.5 Å². The molecule has 3 rings (SSSR count). The minimum Gasteiger partial charge on any atom is -0.493 e. The summed E-state index contributed by atoms with van der Waals surface area (Å²) in [5, 5.41) is 2.66. The van der Waals surface area contributed by atoms with E-state index < -0.39 is 0 Å². The van der Waals surface area contributed by atoms with Crippen LogP contribution in [-0.4, -0.2) is 44.0 Å². The first kappa shape index (κ1) is 19.7. The molecule has 0 aliphatic carbocycles. The smallest absolute Gasteiger partial charge is 0.251 e. The van der Waals surface area contributed by atoms with E-state index in [1.807, 2.05) is 0 Å². The highest BCUT2D eigenvalue weighted by Crippen LogP contribution is 2.32. The van der Waals surface area contributed by atoms with Gasteiger partial charge in [-0.25, -0.2) is 4.39 Å². The molecule has 1 aliphatic heterocycles. The van der Waals surface area contributed by atoms with Gasteiger partial charge in [0.2, 0.25) is 5.91 Å². The number of hydrogen-bond acceptors (Lipinski definition) is 4. The Kier molecular flexibility index (Phi) is 6.13. The monoisotopic (exact) mass is 386 g/mol. The molecule has 2 aromatic rings. The zero-order valence-electron chi connectivity index (χ0n) is 15.9. The van der Waals surface area contributed by atoms with Gasteiger partial charge in [-0.15, -0.1) is 0 Å². The fourth-order valence-electron chi connectivity index (χ4n) is 3.43. The Hall–Kier alpha value is -3.09. The zero-order chi connectivity index (χ0) is 20.1. The van der Waals surface area contributed by atoms with Gasteiger partial charge < -0.3 is 19.7 Å². The van der Waals surface area contributed by atoms with Crippen molar-refractivity contribution in [2.45, 2.75) is 18.9 Å². The fraction of sp³-hybridized carbons (Fsp3) is 0.333. The van der Waals surface area contributed by atoms with Crippen LogP contribution < -0.4 is 14.8 Å². The second-order valence-corrected chi connectivity index (χ2v) is 6.55. The summed E-state index contributed by atoms with van der Waals surface area (Å²) in [6, 6.07) is 10.9. The fourth-order valence-corrected chi connectivity index (χ4v) is 3.43. The highest BCUT2D eigenvalue weighted by molar-refractivity contribution is 5.97. The van der Waals surface area contributed by atoms with Gasteiger partial charge in [0.05, 0.1) is 26.8 Å². The van der Waals surface area contributed by atoms with Gasteiger partial charge in [-0.05, 0) is 48.7 Å². The minimum absolute atomic E-state index is 0.0916. The van der Waals surface area contributed by atoms with E-state index in [-0.39, 0.29) is 30.2 Å². The molecule has 0 spiro atoms. The molecule has 1 saturated heterocycles. The van der Waals surface area contributed by atoms with Gasteiger partial charge in [-0.1, -0.05) is 12.1 Å². The molecule has 1 aliphatic rings. The molecule has 1 fully saturated rings. The highest BCUT2D eigenvalue weighted by atomic mass is 19.1. The molecule has 1 N–H and O–H groups in total. The summed E-state index contributed by atoms with van der Waals surface area (Å²) >= 11 is 0. The summed E-state index contributed by atoms with van der Waals surface area (Å²) in [4.78, 5) is 26.8. The predicted octanol–water partition coefficient (Wildman–Crippen LogP) is 2.94. The van der Waals surface area contributed by atoms with E-state index in [9.17, 15) is 14.0 Å². The topological polar surface area (TPSA) is 67.9 Å². The van der Waals surface area contributed by atoms with Crippen molar-refractivity contribution in [2.24, 2.45) is 0 Å². The maximum Gasteiger partial charge on any atom is 0.251 e. The van der Waals surface area contributed by atoms with E-state index in [4.69, 9.17) is 9.47 Å². The Morgan fingerprint density at radius 2 is 1.82 bits per heavy atom. The number of halogens is 1. The SMILES string of the molecule is COc1ccc(C(=O)NCC(=O)N2CCCC2c2ccc(F)cc2)cc1OC. The van der Waals surface area contributed by atoms with Gasteiger partial charge in [-0.3, -0.25) is 9.59 Å². The Bertz CT molecular complexity index is 854. The number of methoxy groups -OCH3 is 2. The van der Waals surface area contributed by atoms with Gasteiger partial charge in [-0.2, -0.15) is 0 Å². The van der Waals surface area contributed by atoms with E-state index in [1.54, 1.807) is 35.2 Å². The number of ether oxygens (including phenoxy) is 2. The molecule has 148 valence electrons. The summed E-state index contributed by atoms with van der Waals surface area (Å²) in [5.74, 6) is 0.126. The number of amides is 2. The summed E-state index contributed by atoms with van der Waals surface area (Å²) in [7, 11) is 3.01. The third-order valence-electron chi connectivity index (χ3n) is 4.87. The van der Waals surface area contributed by atoms with Crippen molar-refractivity contribution in [3.05, 3.63) is 59.4 Å². The average molecular weight is 386 g/mol. The van der Waals surface area contributed by atoms with E-state index >= 15 is 0 Å². The Balaban J connectivity index is 1.63. The Morgan fingerprint density at radius 1 is 1.11 bits per heavy atom. The van der Waals surface area contributed by atoms with Crippen LogP contribution in [0.1, 0.15) is 34.8 Å². The van der Waals surface area contributed by atoms with E-state index in [1.165, 1.54) is 26.4 Å². The van der Waals surface area contributed by atoms with Crippen LogP contribution in [0.4, 0.5) is 4.39 Å². The quantitative estimate of drug-likeness (QED) is 0.829. The Morgan fingerprint density at radius 3 is 2.50 bits per heavy atom. The molecule has 28 heavy (non-hydrogen) atoms. The van der Waals surface area contributed by atoms with Crippen LogP contribution in [0, 0.1) is 5.82 Å². The molecule has 0 saturated carbocycles. The molecule has 1 atom stereocenters. The van der Waals surface area contributed by atoms with Crippen molar-refractivity contribution in [3.63, 3.8) is 0 Å². The maximum atomic E-state index is 13.2. The summed E-state index contributed by atoms with van der Waals surface area (Å²) in [6.07, 6.45) is 1.69. The lowest BCUT2D eigenvalue weighted by molar-refractivity contribution is -0.131. The van der Waals surface area contributed by atoms with Gasteiger partial charge in [0, 0.05) is 12.1 Å². The van der Waals surface area contributed by atoms with Crippen LogP contribution in [0.2, 0.25) is 0 Å². The molecule has 6 nitrogen and oxygen atoms in total. The number of nitrogens with one attached hydrogen (secondary N) is 1. The lowest BCUT2D eigenvalue weighted by Gasteiger charge is -2.25. The van der Waals surface area contributed by atoms with Crippen LogP contribution >= 0.6 is 0 Å².